The normalized spacial score (nSPS) is 14.2. The third-order valence-corrected chi connectivity index (χ3v) is 4.97. The molecule has 3 aromatic rings. The monoisotopic (exact) mass is 398 g/mol. The van der Waals surface area contributed by atoms with Crippen LogP contribution in [0.2, 0.25) is 0 Å². The number of para-hydroxylation sites is 2. The maximum atomic E-state index is 12.6. The summed E-state index contributed by atoms with van der Waals surface area (Å²) in [5, 5.41) is 2.93. The fourth-order valence-electron chi connectivity index (χ4n) is 3.30. The summed E-state index contributed by atoms with van der Waals surface area (Å²) in [5.41, 5.74) is 3.28. The minimum atomic E-state index is -0.212. The molecule has 150 valence electrons. The number of carbonyl (C=O) groups is 2. The lowest BCUT2D eigenvalue weighted by atomic mass is 10.1. The number of likely N-dealkylation sites (N-methyl/N-ethyl adjacent to an activating group) is 1. The van der Waals surface area contributed by atoms with Crippen molar-refractivity contribution in [3.05, 3.63) is 101 Å². The number of benzene rings is 3. The third-order valence-electron chi connectivity index (χ3n) is 4.97. The lowest BCUT2D eigenvalue weighted by Crippen LogP contribution is -2.33. The molecule has 1 aliphatic rings. The topological polar surface area (TPSA) is 58.6 Å². The van der Waals surface area contributed by atoms with Gasteiger partial charge in [0, 0.05) is 19.2 Å². The number of nitrogens with zero attached hydrogens (tertiary/aromatic N) is 1. The number of fused-ring (bicyclic) bond motifs is 1. The molecule has 3 aromatic carbocycles. The Morgan fingerprint density at radius 2 is 1.67 bits per heavy atom. The quantitative estimate of drug-likeness (QED) is 0.660. The van der Waals surface area contributed by atoms with Crippen LogP contribution in [0, 0.1) is 0 Å². The molecule has 0 atom stereocenters. The number of carbonyl (C=O) groups excluding carboxylic acids is 2. The first-order chi connectivity index (χ1) is 14.6. The molecule has 0 fully saturated rings. The van der Waals surface area contributed by atoms with E-state index in [4.69, 9.17) is 4.74 Å². The molecule has 0 saturated carbocycles. The minimum absolute atomic E-state index is 0.121. The molecule has 0 aliphatic carbocycles. The molecular weight excluding hydrogens is 376 g/mol. The predicted octanol–water partition coefficient (Wildman–Crippen LogP) is 4.06. The second-order valence-corrected chi connectivity index (χ2v) is 7.06. The lowest BCUT2D eigenvalue weighted by molar-refractivity contribution is -0.117. The van der Waals surface area contributed by atoms with E-state index < -0.39 is 0 Å². The van der Waals surface area contributed by atoms with Crippen molar-refractivity contribution in [2.24, 2.45) is 0 Å². The van der Waals surface area contributed by atoms with Gasteiger partial charge < -0.3 is 15.0 Å². The van der Waals surface area contributed by atoms with Gasteiger partial charge in [0.15, 0.2) is 11.5 Å². The van der Waals surface area contributed by atoms with Crippen LogP contribution in [0.25, 0.3) is 6.08 Å². The van der Waals surface area contributed by atoms with Gasteiger partial charge in [0.1, 0.15) is 0 Å². The number of rotatable bonds is 5. The van der Waals surface area contributed by atoms with E-state index in [0.29, 0.717) is 17.9 Å². The van der Waals surface area contributed by atoms with Crippen LogP contribution in [0.3, 0.4) is 0 Å². The highest BCUT2D eigenvalue weighted by Crippen LogP contribution is 2.34. The average Bonchev–Trinajstić information content (AvgIpc) is 2.78. The Bertz CT molecular complexity index is 1090. The van der Waals surface area contributed by atoms with E-state index in [1.807, 2.05) is 54.6 Å². The first-order valence-electron chi connectivity index (χ1n) is 9.80. The number of ether oxygens (including phenoxy) is 1. The summed E-state index contributed by atoms with van der Waals surface area (Å²) in [6, 6.07) is 24.5. The van der Waals surface area contributed by atoms with Crippen molar-refractivity contribution < 1.29 is 14.3 Å². The van der Waals surface area contributed by atoms with Gasteiger partial charge in [-0.05, 0) is 47.9 Å². The number of nitrogens with one attached hydrogen (secondary N) is 1. The molecule has 0 saturated heterocycles. The number of hydrogen-bond donors (Lipinski definition) is 1. The molecule has 5 nitrogen and oxygen atoms in total. The largest absolute Gasteiger partial charge is 0.449 e. The average molecular weight is 398 g/mol. The van der Waals surface area contributed by atoms with Gasteiger partial charge >= 0.3 is 0 Å². The van der Waals surface area contributed by atoms with E-state index in [-0.39, 0.29) is 17.6 Å². The summed E-state index contributed by atoms with van der Waals surface area (Å²) < 4.78 is 5.78. The van der Waals surface area contributed by atoms with E-state index in [2.05, 4.69) is 5.32 Å². The highest BCUT2D eigenvalue weighted by Gasteiger charge is 2.27. The summed E-state index contributed by atoms with van der Waals surface area (Å²) in [6.45, 7) is 0.572. The number of anilines is 1. The molecule has 1 aliphatic heterocycles. The Balaban J connectivity index is 1.41. The Morgan fingerprint density at radius 1 is 0.967 bits per heavy atom. The van der Waals surface area contributed by atoms with Gasteiger partial charge in [-0.15, -0.1) is 0 Å². The maximum Gasteiger partial charge on any atom is 0.293 e. The molecule has 0 aromatic heterocycles. The fourth-order valence-corrected chi connectivity index (χ4v) is 3.30. The molecule has 1 heterocycles. The van der Waals surface area contributed by atoms with Crippen LogP contribution >= 0.6 is 0 Å². The van der Waals surface area contributed by atoms with E-state index in [1.165, 1.54) is 5.56 Å². The molecule has 0 spiro atoms. The van der Waals surface area contributed by atoms with Gasteiger partial charge in [-0.25, -0.2) is 0 Å². The van der Waals surface area contributed by atoms with E-state index in [1.54, 1.807) is 42.3 Å². The first-order valence-corrected chi connectivity index (χ1v) is 9.80. The minimum Gasteiger partial charge on any atom is -0.449 e. The van der Waals surface area contributed by atoms with E-state index >= 15 is 0 Å². The van der Waals surface area contributed by atoms with Crippen molar-refractivity contribution in [1.82, 2.24) is 5.32 Å². The Labute approximate surface area is 175 Å². The first kappa shape index (κ1) is 19.5. The second-order valence-electron chi connectivity index (χ2n) is 7.06. The summed E-state index contributed by atoms with van der Waals surface area (Å²) in [4.78, 5) is 26.5. The molecule has 0 bridgehead atoms. The summed E-state index contributed by atoms with van der Waals surface area (Å²) in [7, 11) is 1.72. The fraction of sp³-hybridized carbons (Fsp3) is 0.120. The molecular formula is C25H22N2O3. The van der Waals surface area contributed by atoms with E-state index in [9.17, 15) is 9.59 Å². The van der Waals surface area contributed by atoms with Gasteiger partial charge in [-0.3, -0.25) is 9.59 Å². The van der Waals surface area contributed by atoms with Gasteiger partial charge in [0.2, 0.25) is 0 Å². The summed E-state index contributed by atoms with van der Waals surface area (Å²) in [5.74, 6) is 0.553. The SMILES string of the molecule is CN1C(=O)C(=Cc2ccc(C(=O)NCCc3ccccc3)cc2)Oc2ccccc21. The van der Waals surface area contributed by atoms with Crippen LogP contribution in [-0.4, -0.2) is 25.4 Å². The molecule has 0 unspecified atom stereocenters. The lowest BCUT2D eigenvalue weighted by Gasteiger charge is -2.27. The molecule has 30 heavy (non-hydrogen) atoms. The van der Waals surface area contributed by atoms with Crippen molar-refractivity contribution in [3.8, 4) is 5.75 Å². The zero-order valence-electron chi connectivity index (χ0n) is 16.7. The molecule has 1 N–H and O–H groups in total. The maximum absolute atomic E-state index is 12.6. The van der Waals surface area contributed by atoms with Crippen molar-refractivity contribution in [2.75, 3.05) is 18.5 Å². The van der Waals surface area contributed by atoms with Crippen molar-refractivity contribution >= 4 is 23.6 Å². The van der Waals surface area contributed by atoms with Gasteiger partial charge in [-0.1, -0.05) is 54.6 Å². The molecule has 0 radical (unpaired) electrons. The van der Waals surface area contributed by atoms with Gasteiger partial charge in [-0.2, -0.15) is 0 Å². The Morgan fingerprint density at radius 3 is 2.43 bits per heavy atom. The summed E-state index contributed by atoms with van der Waals surface area (Å²) in [6.07, 6.45) is 2.47. The van der Waals surface area contributed by atoms with Crippen LogP contribution < -0.4 is 15.0 Å². The van der Waals surface area contributed by atoms with Crippen LogP contribution in [0.1, 0.15) is 21.5 Å². The highest BCUT2D eigenvalue weighted by atomic mass is 16.5. The van der Waals surface area contributed by atoms with Gasteiger partial charge in [0.25, 0.3) is 11.8 Å². The number of hydrogen-bond acceptors (Lipinski definition) is 3. The summed E-state index contributed by atoms with van der Waals surface area (Å²) >= 11 is 0. The highest BCUT2D eigenvalue weighted by molar-refractivity contribution is 6.09. The van der Waals surface area contributed by atoms with Crippen molar-refractivity contribution in [1.29, 1.82) is 0 Å². The van der Waals surface area contributed by atoms with Crippen LogP contribution in [0.4, 0.5) is 5.69 Å². The zero-order chi connectivity index (χ0) is 20.9. The van der Waals surface area contributed by atoms with Crippen molar-refractivity contribution in [2.45, 2.75) is 6.42 Å². The van der Waals surface area contributed by atoms with Crippen molar-refractivity contribution in [3.63, 3.8) is 0 Å². The Hall–Kier alpha value is -3.86. The van der Waals surface area contributed by atoms with Crippen LogP contribution in [0.15, 0.2) is 84.6 Å². The zero-order valence-corrected chi connectivity index (χ0v) is 16.7. The predicted molar refractivity (Wildman–Crippen MR) is 117 cm³/mol. The van der Waals surface area contributed by atoms with Gasteiger partial charge in [0.05, 0.1) is 5.69 Å². The smallest absolute Gasteiger partial charge is 0.293 e. The standard InChI is InChI=1S/C25H22N2O3/c1-27-21-9-5-6-10-22(21)30-23(25(27)29)17-19-11-13-20(14-12-19)24(28)26-16-15-18-7-3-2-4-8-18/h2-14,17H,15-16H2,1H3,(H,26,28). The second kappa shape index (κ2) is 8.66. The van der Waals surface area contributed by atoms with Crippen LogP contribution in [0.5, 0.6) is 5.75 Å². The molecule has 4 rings (SSSR count). The Kier molecular flexibility index (Phi) is 5.61. The molecule has 2 amide bonds. The van der Waals surface area contributed by atoms with Crippen LogP contribution in [-0.2, 0) is 11.2 Å². The third kappa shape index (κ3) is 4.25. The van der Waals surface area contributed by atoms with E-state index in [0.717, 1.165) is 17.7 Å². The molecule has 5 heteroatoms. The number of amides is 2.